The summed E-state index contributed by atoms with van der Waals surface area (Å²) < 4.78 is 1.67. The van der Waals surface area contributed by atoms with Gasteiger partial charge in [-0.15, -0.1) is 0 Å². The number of hydrogen-bond acceptors (Lipinski definition) is 3. The lowest BCUT2D eigenvalue weighted by Crippen LogP contribution is -2.46. The molecule has 6 nitrogen and oxygen atoms in total. The van der Waals surface area contributed by atoms with Gasteiger partial charge in [-0.1, -0.05) is 50.5 Å². The Hall–Kier alpha value is -3.15. The fraction of sp³-hybridized carbons (Fsp3) is 0.423. The average molecular weight is 433 g/mol. The van der Waals surface area contributed by atoms with Gasteiger partial charge in [0.15, 0.2) is 0 Å². The summed E-state index contributed by atoms with van der Waals surface area (Å²) in [7, 11) is 1.80. The second-order valence-electron chi connectivity index (χ2n) is 8.79. The molecule has 4 rings (SSSR count). The van der Waals surface area contributed by atoms with Crippen LogP contribution in [0.4, 0.5) is 4.79 Å². The lowest BCUT2D eigenvalue weighted by molar-refractivity contribution is 0.178. The molecular formula is C26H32N4O2. The Morgan fingerprint density at radius 3 is 2.62 bits per heavy atom. The summed E-state index contributed by atoms with van der Waals surface area (Å²) in [4.78, 5) is 33.3. The van der Waals surface area contributed by atoms with E-state index in [0.29, 0.717) is 23.1 Å². The van der Waals surface area contributed by atoms with Crippen LogP contribution in [0.3, 0.4) is 0 Å². The van der Waals surface area contributed by atoms with Gasteiger partial charge in [0, 0.05) is 13.1 Å². The van der Waals surface area contributed by atoms with Gasteiger partial charge in [-0.3, -0.25) is 9.36 Å². The van der Waals surface area contributed by atoms with Crippen molar-refractivity contribution in [3.05, 3.63) is 70.3 Å². The molecule has 1 atom stereocenters. The van der Waals surface area contributed by atoms with Crippen molar-refractivity contribution in [2.24, 2.45) is 0 Å². The van der Waals surface area contributed by atoms with Crippen molar-refractivity contribution in [3.8, 4) is 5.69 Å². The Labute approximate surface area is 189 Å². The van der Waals surface area contributed by atoms with E-state index in [2.05, 4.69) is 5.32 Å². The number of para-hydroxylation sites is 1. The zero-order valence-corrected chi connectivity index (χ0v) is 19.2. The van der Waals surface area contributed by atoms with Crippen molar-refractivity contribution >= 4 is 16.9 Å². The maximum absolute atomic E-state index is 13.6. The van der Waals surface area contributed by atoms with E-state index in [-0.39, 0.29) is 23.7 Å². The first-order valence-corrected chi connectivity index (χ1v) is 11.6. The maximum Gasteiger partial charge on any atom is 0.317 e. The minimum atomic E-state index is -0.337. The van der Waals surface area contributed by atoms with E-state index in [4.69, 9.17) is 4.98 Å². The number of urea groups is 1. The highest BCUT2D eigenvalue weighted by Crippen LogP contribution is 2.26. The number of aryl methyl sites for hydroxylation is 1. The Kier molecular flexibility index (Phi) is 6.58. The van der Waals surface area contributed by atoms with Crippen LogP contribution < -0.4 is 10.9 Å². The number of nitrogens with one attached hydrogen (secondary N) is 1. The Morgan fingerprint density at radius 2 is 1.91 bits per heavy atom. The van der Waals surface area contributed by atoms with Crippen LogP contribution in [0.25, 0.3) is 16.6 Å². The Balaban J connectivity index is 1.79. The molecule has 2 aromatic carbocycles. The summed E-state index contributed by atoms with van der Waals surface area (Å²) in [5.41, 5.74) is 2.36. The van der Waals surface area contributed by atoms with E-state index in [9.17, 15) is 9.59 Å². The highest BCUT2D eigenvalue weighted by atomic mass is 16.2. The van der Waals surface area contributed by atoms with Crippen molar-refractivity contribution in [2.45, 2.75) is 64.5 Å². The molecule has 3 aromatic rings. The number of aromatic nitrogens is 2. The zero-order valence-electron chi connectivity index (χ0n) is 19.2. The molecule has 1 saturated carbocycles. The van der Waals surface area contributed by atoms with Gasteiger partial charge in [0.2, 0.25) is 0 Å². The summed E-state index contributed by atoms with van der Waals surface area (Å²) in [5, 5.41) is 3.77. The van der Waals surface area contributed by atoms with Crippen LogP contribution in [0.5, 0.6) is 0 Å². The number of carbonyl (C=O) groups is 1. The number of rotatable bonds is 5. The lowest BCUT2D eigenvalue weighted by Gasteiger charge is -2.31. The summed E-state index contributed by atoms with van der Waals surface area (Å²) in [6.45, 7) is 4.03. The standard InChI is InChI=1S/C26H32N4O2/c1-4-23(29(3)26(32)27-19-12-6-5-7-13-19)24-28-22-16-9-8-15-21(22)25(31)30(24)20-14-10-11-18(2)17-20/h8-11,14-17,19,23H,4-7,12-13H2,1-3H3,(H,27,32). The third-order valence-corrected chi connectivity index (χ3v) is 6.47. The molecule has 0 saturated heterocycles. The van der Waals surface area contributed by atoms with Gasteiger partial charge >= 0.3 is 6.03 Å². The molecule has 6 heteroatoms. The molecule has 1 N–H and O–H groups in total. The summed E-state index contributed by atoms with van der Waals surface area (Å²) in [6.07, 6.45) is 6.25. The highest BCUT2D eigenvalue weighted by Gasteiger charge is 2.28. The predicted octanol–water partition coefficient (Wildman–Crippen LogP) is 5.12. The normalized spacial score (nSPS) is 15.5. The molecule has 0 aliphatic heterocycles. The molecule has 32 heavy (non-hydrogen) atoms. The SMILES string of the molecule is CCC(c1nc2ccccc2c(=O)n1-c1cccc(C)c1)N(C)C(=O)NC1CCCCC1. The van der Waals surface area contributed by atoms with Gasteiger partial charge in [0.05, 0.1) is 22.6 Å². The van der Waals surface area contributed by atoms with Crippen molar-refractivity contribution in [1.29, 1.82) is 0 Å². The zero-order chi connectivity index (χ0) is 22.7. The van der Waals surface area contributed by atoms with Gasteiger partial charge in [0.1, 0.15) is 5.82 Å². The molecule has 0 radical (unpaired) electrons. The second kappa shape index (κ2) is 9.55. The van der Waals surface area contributed by atoms with E-state index in [1.807, 2.05) is 56.3 Å². The largest absolute Gasteiger partial charge is 0.335 e. The first-order valence-electron chi connectivity index (χ1n) is 11.6. The summed E-state index contributed by atoms with van der Waals surface area (Å²) >= 11 is 0. The number of benzene rings is 2. The molecule has 1 heterocycles. The number of amides is 2. The lowest BCUT2D eigenvalue weighted by atomic mass is 9.96. The minimum Gasteiger partial charge on any atom is -0.335 e. The van der Waals surface area contributed by atoms with Crippen molar-refractivity contribution in [1.82, 2.24) is 19.8 Å². The van der Waals surface area contributed by atoms with Crippen LogP contribution in [0.15, 0.2) is 53.3 Å². The number of nitrogens with zero attached hydrogens (tertiary/aromatic N) is 3. The van der Waals surface area contributed by atoms with Gasteiger partial charge in [-0.2, -0.15) is 0 Å². The molecule has 1 unspecified atom stereocenters. The van der Waals surface area contributed by atoms with E-state index in [1.165, 1.54) is 6.42 Å². The van der Waals surface area contributed by atoms with Crippen molar-refractivity contribution < 1.29 is 4.79 Å². The topological polar surface area (TPSA) is 67.2 Å². The van der Waals surface area contributed by atoms with Crippen molar-refractivity contribution in [2.75, 3.05) is 7.05 Å². The number of hydrogen-bond donors (Lipinski definition) is 1. The molecule has 0 bridgehead atoms. The van der Waals surface area contributed by atoms with Gasteiger partial charge in [0.25, 0.3) is 5.56 Å². The van der Waals surface area contributed by atoms with Crippen LogP contribution >= 0.6 is 0 Å². The molecule has 1 aliphatic carbocycles. The third kappa shape index (κ3) is 4.40. The second-order valence-corrected chi connectivity index (χ2v) is 8.79. The monoisotopic (exact) mass is 432 g/mol. The van der Waals surface area contributed by atoms with E-state index < -0.39 is 0 Å². The van der Waals surface area contributed by atoms with Crippen LogP contribution in [0.2, 0.25) is 0 Å². The third-order valence-electron chi connectivity index (χ3n) is 6.47. The number of fused-ring (bicyclic) bond motifs is 1. The maximum atomic E-state index is 13.6. The molecule has 1 fully saturated rings. The molecule has 1 aromatic heterocycles. The first kappa shape index (κ1) is 22.1. The summed E-state index contributed by atoms with van der Waals surface area (Å²) in [6, 6.07) is 15.0. The van der Waals surface area contributed by atoms with Gasteiger partial charge in [-0.25, -0.2) is 9.78 Å². The van der Waals surface area contributed by atoms with E-state index in [1.54, 1.807) is 22.6 Å². The minimum absolute atomic E-state index is 0.109. The van der Waals surface area contributed by atoms with E-state index >= 15 is 0 Å². The smallest absolute Gasteiger partial charge is 0.317 e. The summed E-state index contributed by atoms with van der Waals surface area (Å²) in [5.74, 6) is 0.586. The van der Waals surface area contributed by atoms with Crippen LogP contribution in [-0.2, 0) is 0 Å². The first-order chi connectivity index (χ1) is 15.5. The molecule has 168 valence electrons. The van der Waals surface area contributed by atoms with Gasteiger partial charge in [-0.05, 0) is 56.0 Å². The predicted molar refractivity (Wildman–Crippen MR) is 128 cm³/mol. The Morgan fingerprint density at radius 1 is 1.16 bits per heavy atom. The molecular weight excluding hydrogens is 400 g/mol. The van der Waals surface area contributed by atoms with Crippen LogP contribution in [0, 0.1) is 6.92 Å². The molecule has 1 aliphatic rings. The van der Waals surface area contributed by atoms with Crippen molar-refractivity contribution in [3.63, 3.8) is 0 Å². The van der Waals surface area contributed by atoms with Crippen LogP contribution in [-0.4, -0.2) is 33.6 Å². The molecule has 0 spiro atoms. The fourth-order valence-corrected chi connectivity index (χ4v) is 4.68. The highest BCUT2D eigenvalue weighted by molar-refractivity contribution is 5.78. The molecule has 2 amide bonds. The number of carbonyl (C=O) groups excluding carboxylic acids is 1. The van der Waals surface area contributed by atoms with Crippen LogP contribution in [0.1, 0.15) is 62.9 Å². The Bertz CT molecular complexity index is 1160. The van der Waals surface area contributed by atoms with Gasteiger partial charge < -0.3 is 10.2 Å². The average Bonchev–Trinajstić information content (AvgIpc) is 2.80. The fourth-order valence-electron chi connectivity index (χ4n) is 4.68. The quantitative estimate of drug-likeness (QED) is 0.608. The van der Waals surface area contributed by atoms with E-state index in [0.717, 1.165) is 36.9 Å².